The number of hydrogen-bond donors (Lipinski definition) is 0. The van der Waals surface area contributed by atoms with Crippen LogP contribution in [0.4, 0.5) is 0 Å². The van der Waals surface area contributed by atoms with E-state index in [1.165, 1.54) is 21.9 Å². The van der Waals surface area contributed by atoms with Gasteiger partial charge in [0.2, 0.25) is 0 Å². The first-order valence-corrected chi connectivity index (χ1v) is 5.92. The van der Waals surface area contributed by atoms with Crippen molar-refractivity contribution >= 4 is 10.8 Å². The maximum absolute atomic E-state index is 5.41. The molecule has 0 spiro atoms. The molecule has 0 saturated heterocycles. The predicted molar refractivity (Wildman–Crippen MR) is 68.7 cm³/mol. The first-order valence-electron chi connectivity index (χ1n) is 5.92. The maximum atomic E-state index is 5.41. The van der Waals surface area contributed by atoms with Crippen LogP contribution >= 0.6 is 0 Å². The number of fused-ring (bicyclic) bond motifs is 1. The quantitative estimate of drug-likeness (QED) is 0.749. The molecule has 0 aromatic heterocycles. The maximum Gasteiger partial charge on any atom is 0.0716 e. The molecule has 0 bridgehead atoms. The van der Waals surface area contributed by atoms with Gasteiger partial charge in [-0.05, 0) is 41.3 Å². The molecular formula is C15H18O. The van der Waals surface area contributed by atoms with Crippen molar-refractivity contribution in [1.82, 2.24) is 0 Å². The highest BCUT2D eigenvalue weighted by atomic mass is 16.5. The normalized spacial score (nSPS) is 10.9. The molecule has 0 N–H and O–H groups in total. The molecule has 16 heavy (non-hydrogen) atoms. The molecule has 1 nitrogen and oxygen atoms in total. The Labute approximate surface area is 97.1 Å². The zero-order valence-electron chi connectivity index (χ0n) is 9.99. The minimum Gasteiger partial charge on any atom is -0.377 e. The summed E-state index contributed by atoms with van der Waals surface area (Å²) in [6.07, 6.45) is 1.09. The second kappa shape index (κ2) is 5.13. The Morgan fingerprint density at radius 3 is 2.12 bits per heavy atom. The molecule has 0 saturated carbocycles. The van der Waals surface area contributed by atoms with Gasteiger partial charge in [0.05, 0.1) is 6.61 Å². The summed E-state index contributed by atoms with van der Waals surface area (Å²) in [5.41, 5.74) is 2.64. The molecule has 84 valence electrons. The van der Waals surface area contributed by atoms with Crippen LogP contribution in [-0.2, 0) is 17.8 Å². The second-order valence-electron chi connectivity index (χ2n) is 4.01. The highest BCUT2D eigenvalue weighted by Gasteiger charge is 1.98. The third kappa shape index (κ3) is 2.42. The molecule has 0 atom stereocenters. The van der Waals surface area contributed by atoms with Gasteiger partial charge in [-0.2, -0.15) is 0 Å². The standard InChI is InChI=1S/C15H18O/c1-3-12-5-7-15-10-13(11-16-4-2)6-8-14(15)9-12/h5-10H,3-4,11H2,1-2H3. The van der Waals surface area contributed by atoms with E-state index >= 15 is 0 Å². The summed E-state index contributed by atoms with van der Waals surface area (Å²) in [7, 11) is 0. The van der Waals surface area contributed by atoms with E-state index in [2.05, 4.69) is 43.3 Å². The lowest BCUT2D eigenvalue weighted by atomic mass is 10.0. The van der Waals surface area contributed by atoms with E-state index in [0.29, 0.717) is 6.61 Å². The Morgan fingerprint density at radius 2 is 1.50 bits per heavy atom. The first kappa shape index (κ1) is 11.2. The van der Waals surface area contributed by atoms with E-state index in [1.807, 2.05) is 6.92 Å². The van der Waals surface area contributed by atoms with E-state index in [-0.39, 0.29) is 0 Å². The average molecular weight is 214 g/mol. The third-order valence-electron chi connectivity index (χ3n) is 2.85. The number of hydrogen-bond acceptors (Lipinski definition) is 1. The molecule has 1 heteroatoms. The van der Waals surface area contributed by atoms with Gasteiger partial charge in [-0.1, -0.05) is 37.3 Å². The van der Waals surface area contributed by atoms with Crippen molar-refractivity contribution in [3.63, 3.8) is 0 Å². The first-order chi connectivity index (χ1) is 7.83. The van der Waals surface area contributed by atoms with Crippen molar-refractivity contribution in [1.29, 1.82) is 0 Å². The number of aryl methyl sites for hydroxylation is 1. The van der Waals surface area contributed by atoms with Gasteiger partial charge in [-0.3, -0.25) is 0 Å². The van der Waals surface area contributed by atoms with Gasteiger partial charge in [0, 0.05) is 6.61 Å². The van der Waals surface area contributed by atoms with Gasteiger partial charge < -0.3 is 4.74 Å². The number of rotatable bonds is 4. The second-order valence-corrected chi connectivity index (χ2v) is 4.01. The Balaban J connectivity index is 2.32. The fourth-order valence-corrected chi connectivity index (χ4v) is 1.87. The Kier molecular flexibility index (Phi) is 3.58. The van der Waals surface area contributed by atoms with Crippen LogP contribution in [0.15, 0.2) is 36.4 Å². The number of benzene rings is 2. The van der Waals surface area contributed by atoms with Crippen LogP contribution in [-0.4, -0.2) is 6.61 Å². The molecular weight excluding hydrogens is 196 g/mol. The molecule has 0 radical (unpaired) electrons. The monoisotopic (exact) mass is 214 g/mol. The lowest BCUT2D eigenvalue weighted by Gasteiger charge is -2.05. The summed E-state index contributed by atoms with van der Waals surface area (Å²) in [6, 6.07) is 13.2. The van der Waals surface area contributed by atoms with Crippen molar-refractivity contribution in [2.75, 3.05) is 6.61 Å². The third-order valence-corrected chi connectivity index (χ3v) is 2.85. The van der Waals surface area contributed by atoms with Crippen LogP contribution < -0.4 is 0 Å². The Hall–Kier alpha value is -1.34. The van der Waals surface area contributed by atoms with Crippen molar-refractivity contribution < 1.29 is 4.74 Å². The largest absolute Gasteiger partial charge is 0.377 e. The van der Waals surface area contributed by atoms with Crippen molar-refractivity contribution in [3.8, 4) is 0 Å². The minimum absolute atomic E-state index is 0.710. The highest BCUT2D eigenvalue weighted by molar-refractivity contribution is 5.83. The summed E-state index contributed by atoms with van der Waals surface area (Å²) < 4.78 is 5.41. The van der Waals surface area contributed by atoms with Crippen LogP contribution in [0.5, 0.6) is 0 Å². The SMILES string of the molecule is CCOCc1ccc2cc(CC)ccc2c1. The summed E-state index contributed by atoms with van der Waals surface area (Å²) >= 11 is 0. The fraction of sp³-hybridized carbons (Fsp3) is 0.333. The molecule has 2 rings (SSSR count). The number of ether oxygens (including phenoxy) is 1. The van der Waals surface area contributed by atoms with Crippen molar-refractivity contribution in [2.24, 2.45) is 0 Å². The summed E-state index contributed by atoms with van der Waals surface area (Å²) in [5.74, 6) is 0. The van der Waals surface area contributed by atoms with Gasteiger partial charge in [-0.25, -0.2) is 0 Å². The van der Waals surface area contributed by atoms with Crippen LogP contribution in [0, 0.1) is 0 Å². The van der Waals surface area contributed by atoms with Gasteiger partial charge in [0.25, 0.3) is 0 Å². The van der Waals surface area contributed by atoms with E-state index in [0.717, 1.165) is 13.0 Å². The van der Waals surface area contributed by atoms with E-state index in [9.17, 15) is 0 Å². The molecule has 2 aromatic rings. The molecule has 0 aliphatic rings. The summed E-state index contributed by atoms with van der Waals surface area (Å²) in [4.78, 5) is 0. The minimum atomic E-state index is 0.710. The van der Waals surface area contributed by atoms with E-state index < -0.39 is 0 Å². The molecule has 0 aliphatic heterocycles. The molecule has 0 fully saturated rings. The molecule has 0 heterocycles. The average Bonchev–Trinajstić information content (AvgIpc) is 2.35. The van der Waals surface area contributed by atoms with Gasteiger partial charge in [0.15, 0.2) is 0 Å². The molecule has 0 aliphatic carbocycles. The molecule has 2 aromatic carbocycles. The molecule has 0 unspecified atom stereocenters. The highest BCUT2D eigenvalue weighted by Crippen LogP contribution is 2.18. The van der Waals surface area contributed by atoms with Crippen LogP contribution in [0.1, 0.15) is 25.0 Å². The van der Waals surface area contributed by atoms with E-state index in [1.54, 1.807) is 0 Å². The van der Waals surface area contributed by atoms with Crippen molar-refractivity contribution in [3.05, 3.63) is 47.5 Å². The summed E-state index contributed by atoms with van der Waals surface area (Å²) in [5, 5.41) is 2.62. The Bertz CT molecular complexity index is 474. The van der Waals surface area contributed by atoms with Gasteiger partial charge in [0.1, 0.15) is 0 Å². The van der Waals surface area contributed by atoms with Crippen LogP contribution in [0.3, 0.4) is 0 Å². The van der Waals surface area contributed by atoms with E-state index in [4.69, 9.17) is 4.74 Å². The van der Waals surface area contributed by atoms with Crippen molar-refractivity contribution in [2.45, 2.75) is 26.9 Å². The zero-order valence-corrected chi connectivity index (χ0v) is 9.99. The van der Waals surface area contributed by atoms with Crippen LogP contribution in [0.2, 0.25) is 0 Å². The Morgan fingerprint density at radius 1 is 0.875 bits per heavy atom. The lowest BCUT2D eigenvalue weighted by molar-refractivity contribution is 0.134. The predicted octanol–water partition coefficient (Wildman–Crippen LogP) is 3.94. The van der Waals surface area contributed by atoms with Gasteiger partial charge in [-0.15, -0.1) is 0 Å². The van der Waals surface area contributed by atoms with Crippen LogP contribution in [0.25, 0.3) is 10.8 Å². The zero-order chi connectivity index (χ0) is 11.4. The fourth-order valence-electron chi connectivity index (χ4n) is 1.87. The molecule has 0 amide bonds. The lowest BCUT2D eigenvalue weighted by Crippen LogP contribution is -1.91. The smallest absolute Gasteiger partial charge is 0.0716 e. The topological polar surface area (TPSA) is 9.23 Å². The van der Waals surface area contributed by atoms with Gasteiger partial charge >= 0.3 is 0 Å². The summed E-state index contributed by atoms with van der Waals surface area (Å²) in [6.45, 7) is 5.69.